The highest BCUT2D eigenvalue weighted by molar-refractivity contribution is 5.71. The van der Waals surface area contributed by atoms with Crippen LogP contribution in [0, 0.1) is 0 Å². The first-order valence-corrected chi connectivity index (χ1v) is 22.0. The van der Waals surface area contributed by atoms with E-state index in [1.54, 1.807) is 0 Å². The van der Waals surface area contributed by atoms with Gasteiger partial charge in [-0.2, -0.15) is 0 Å². The average Bonchev–Trinajstić information content (AvgIpc) is 3.17. The van der Waals surface area contributed by atoms with Crippen LogP contribution in [-0.2, 0) is 28.6 Å². The highest BCUT2D eigenvalue weighted by Crippen LogP contribution is 2.12. The Morgan fingerprint density at radius 3 is 1.30 bits per heavy atom. The number of unbranched alkanes of at least 4 members (excludes halogenated alkanes) is 16. The summed E-state index contributed by atoms with van der Waals surface area (Å²) in [5.74, 6) is -0.968. The SMILES string of the molecule is CC/C=C\C/C=C\C/C=C\CCCCCCC(=O)OCC(COC(=O)CCCCCCC/C=C\CCCC)OC(=O)CCCCC/C=C\C=C/CCCC. The number of esters is 3. The van der Waals surface area contributed by atoms with Crippen LogP contribution in [-0.4, -0.2) is 37.2 Å². The van der Waals surface area contributed by atoms with Crippen molar-refractivity contribution in [2.45, 2.75) is 200 Å². The lowest BCUT2D eigenvalue weighted by molar-refractivity contribution is -0.167. The summed E-state index contributed by atoms with van der Waals surface area (Å²) in [5, 5.41) is 0. The first-order chi connectivity index (χ1) is 26.5. The van der Waals surface area contributed by atoms with E-state index in [4.69, 9.17) is 14.2 Å². The minimum absolute atomic E-state index is 0.0992. The van der Waals surface area contributed by atoms with E-state index in [0.717, 1.165) is 116 Å². The molecular formula is C48H80O6. The maximum Gasteiger partial charge on any atom is 0.306 e. The van der Waals surface area contributed by atoms with Gasteiger partial charge in [-0.3, -0.25) is 14.4 Å². The van der Waals surface area contributed by atoms with Crippen LogP contribution in [0.1, 0.15) is 194 Å². The van der Waals surface area contributed by atoms with Crippen molar-refractivity contribution in [2.75, 3.05) is 13.2 Å². The molecule has 0 heterocycles. The monoisotopic (exact) mass is 753 g/mol. The summed E-state index contributed by atoms with van der Waals surface area (Å²) in [6.45, 7) is 6.35. The van der Waals surface area contributed by atoms with Gasteiger partial charge in [0.25, 0.3) is 0 Å². The highest BCUT2D eigenvalue weighted by Gasteiger charge is 2.19. The Hall–Kier alpha value is -3.15. The standard InChI is InChI=1S/C48H80O6/c1-4-7-10-13-16-19-22-23-24-27-29-32-35-38-41-47(50)53-44-45(54-48(51)42-39-36-33-30-26-21-18-15-12-9-6-3)43-52-46(49)40-37-34-31-28-25-20-17-14-11-8-5-2/h7,10,14-19,21,23-24,26,45H,4-6,8-9,11-13,20,22,25,27-44H2,1-3H3/b10-7-,17-14-,18-15-,19-16-,24-23-,26-21-. The molecular weight excluding hydrogens is 673 g/mol. The summed E-state index contributed by atoms with van der Waals surface area (Å²) < 4.78 is 16.6. The lowest BCUT2D eigenvalue weighted by Gasteiger charge is -2.18. The maximum atomic E-state index is 12.7. The van der Waals surface area contributed by atoms with Crippen LogP contribution in [0.5, 0.6) is 0 Å². The molecule has 0 N–H and O–H groups in total. The zero-order valence-electron chi connectivity index (χ0n) is 35.0. The zero-order valence-corrected chi connectivity index (χ0v) is 35.0. The molecule has 0 aliphatic carbocycles. The normalized spacial score (nSPS) is 12.7. The second-order valence-corrected chi connectivity index (χ2v) is 14.2. The molecule has 1 unspecified atom stereocenters. The fraction of sp³-hybridized carbons (Fsp3) is 0.688. The zero-order chi connectivity index (χ0) is 39.4. The smallest absolute Gasteiger partial charge is 0.306 e. The van der Waals surface area contributed by atoms with Crippen molar-refractivity contribution in [1.82, 2.24) is 0 Å². The lowest BCUT2D eigenvalue weighted by Crippen LogP contribution is -2.30. The molecule has 0 saturated heterocycles. The molecule has 0 aliphatic heterocycles. The van der Waals surface area contributed by atoms with E-state index in [1.165, 1.54) is 38.5 Å². The lowest BCUT2D eigenvalue weighted by atomic mass is 10.1. The van der Waals surface area contributed by atoms with Crippen LogP contribution >= 0.6 is 0 Å². The Morgan fingerprint density at radius 2 is 0.778 bits per heavy atom. The predicted molar refractivity (Wildman–Crippen MR) is 228 cm³/mol. The number of hydrogen-bond donors (Lipinski definition) is 0. The van der Waals surface area contributed by atoms with E-state index in [-0.39, 0.29) is 37.5 Å². The van der Waals surface area contributed by atoms with E-state index in [0.29, 0.717) is 12.8 Å². The Bertz CT molecular complexity index is 1050. The first-order valence-electron chi connectivity index (χ1n) is 22.0. The summed E-state index contributed by atoms with van der Waals surface area (Å²) in [6, 6.07) is 0. The summed E-state index contributed by atoms with van der Waals surface area (Å²) >= 11 is 0. The van der Waals surface area contributed by atoms with Gasteiger partial charge in [0.15, 0.2) is 6.10 Å². The summed E-state index contributed by atoms with van der Waals surface area (Å²) in [7, 11) is 0. The van der Waals surface area contributed by atoms with Crippen molar-refractivity contribution >= 4 is 17.9 Å². The van der Waals surface area contributed by atoms with Crippen LogP contribution in [0.15, 0.2) is 72.9 Å². The van der Waals surface area contributed by atoms with Crippen molar-refractivity contribution in [3.63, 3.8) is 0 Å². The van der Waals surface area contributed by atoms with Gasteiger partial charge in [0.1, 0.15) is 13.2 Å². The molecule has 1 atom stereocenters. The van der Waals surface area contributed by atoms with Crippen LogP contribution in [0.3, 0.4) is 0 Å². The van der Waals surface area contributed by atoms with E-state index in [2.05, 4.69) is 93.7 Å². The van der Waals surface area contributed by atoms with Gasteiger partial charge in [0.2, 0.25) is 0 Å². The number of carbonyl (C=O) groups is 3. The van der Waals surface area contributed by atoms with Crippen LogP contribution in [0.25, 0.3) is 0 Å². The van der Waals surface area contributed by atoms with Gasteiger partial charge < -0.3 is 14.2 Å². The molecule has 0 fully saturated rings. The van der Waals surface area contributed by atoms with Gasteiger partial charge >= 0.3 is 17.9 Å². The molecule has 6 nitrogen and oxygen atoms in total. The van der Waals surface area contributed by atoms with Gasteiger partial charge in [0, 0.05) is 19.3 Å². The number of ether oxygens (including phenoxy) is 3. The number of carbonyl (C=O) groups excluding carboxylic acids is 3. The van der Waals surface area contributed by atoms with Crippen molar-refractivity contribution in [2.24, 2.45) is 0 Å². The Kier molecular flexibility index (Phi) is 40.1. The van der Waals surface area contributed by atoms with Crippen molar-refractivity contribution in [3.8, 4) is 0 Å². The first kappa shape index (κ1) is 50.9. The molecule has 0 aromatic heterocycles. The predicted octanol–water partition coefficient (Wildman–Crippen LogP) is 13.9. The summed E-state index contributed by atoms with van der Waals surface area (Å²) in [6.07, 6.45) is 51.7. The van der Waals surface area contributed by atoms with Crippen LogP contribution in [0.4, 0.5) is 0 Å². The number of rotatable bonds is 38. The summed E-state index contributed by atoms with van der Waals surface area (Å²) in [5.41, 5.74) is 0. The van der Waals surface area contributed by atoms with E-state index < -0.39 is 6.10 Å². The third-order valence-electron chi connectivity index (χ3n) is 8.94. The van der Waals surface area contributed by atoms with Crippen LogP contribution in [0.2, 0.25) is 0 Å². The Labute approximate surface area is 332 Å². The molecule has 0 saturated carbocycles. The molecule has 0 spiro atoms. The quantitative estimate of drug-likeness (QED) is 0.0205. The molecule has 0 bridgehead atoms. The largest absolute Gasteiger partial charge is 0.462 e. The highest BCUT2D eigenvalue weighted by atomic mass is 16.6. The van der Waals surface area contributed by atoms with Crippen LogP contribution < -0.4 is 0 Å². The van der Waals surface area contributed by atoms with Gasteiger partial charge in [0.05, 0.1) is 0 Å². The van der Waals surface area contributed by atoms with Crippen molar-refractivity contribution in [3.05, 3.63) is 72.9 Å². The minimum Gasteiger partial charge on any atom is -0.462 e. The molecule has 0 aromatic rings. The molecule has 0 rings (SSSR count). The minimum atomic E-state index is -0.798. The Balaban J connectivity index is 4.47. The van der Waals surface area contributed by atoms with E-state index in [1.807, 2.05) is 0 Å². The second-order valence-electron chi connectivity index (χ2n) is 14.2. The van der Waals surface area contributed by atoms with Crippen molar-refractivity contribution in [1.29, 1.82) is 0 Å². The van der Waals surface area contributed by atoms with Gasteiger partial charge in [-0.25, -0.2) is 0 Å². The van der Waals surface area contributed by atoms with Gasteiger partial charge in [-0.15, -0.1) is 0 Å². The fourth-order valence-corrected chi connectivity index (χ4v) is 5.59. The second kappa shape index (κ2) is 42.6. The van der Waals surface area contributed by atoms with Crippen molar-refractivity contribution < 1.29 is 28.6 Å². The van der Waals surface area contributed by atoms with Gasteiger partial charge in [-0.1, -0.05) is 158 Å². The molecule has 0 amide bonds. The molecule has 0 radical (unpaired) electrons. The van der Waals surface area contributed by atoms with Gasteiger partial charge in [-0.05, 0) is 89.9 Å². The molecule has 0 aromatic carbocycles. The topological polar surface area (TPSA) is 78.9 Å². The molecule has 6 heteroatoms. The van der Waals surface area contributed by atoms with E-state index in [9.17, 15) is 14.4 Å². The third kappa shape index (κ3) is 40.0. The average molecular weight is 753 g/mol. The molecule has 54 heavy (non-hydrogen) atoms. The maximum absolute atomic E-state index is 12.7. The Morgan fingerprint density at radius 1 is 0.407 bits per heavy atom. The molecule has 308 valence electrons. The molecule has 0 aliphatic rings. The number of allylic oxidation sites excluding steroid dienone is 12. The summed E-state index contributed by atoms with van der Waals surface area (Å²) in [4.78, 5) is 37.6. The number of hydrogen-bond acceptors (Lipinski definition) is 6. The van der Waals surface area contributed by atoms with E-state index >= 15 is 0 Å². The third-order valence-corrected chi connectivity index (χ3v) is 8.94. The fourth-order valence-electron chi connectivity index (χ4n) is 5.59.